The number of nitrogens with zero attached hydrogens (tertiary/aromatic N) is 1. The lowest BCUT2D eigenvalue weighted by Gasteiger charge is -2.44. The van der Waals surface area contributed by atoms with E-state index in [9.17, 15) is 4.79 Å². The first-order valence-corrected chi connectivity index (χ1v) is 6.38. The van der Waals surface area contributed by atoms with Crippen LogP contribution in [0.4, 0.5) is 5.69 Å². The van der Waals surface area contributed by atoms with Crippen molar-refractivity contribution >= 4 is 28.8 Å². The van der Waals surface area contributed by atoms with Gasteiger partial charge in [0.25, 0.3) is 0 Å². The zero-order chi connectivity index (χ0) is 13.3. The molecule has 0 radical (unpaired) electrons. The molecule has 1 aliphatic carbocycles. The number of thiocarbonyl (C=S) groups is 1. The van der Waals surface area contributed by atoms with Crippen LogP contribution in [0.2, 0.25) is 0 Å². The van der Waals surface area contributed by atoms with Gasteiger partial charge in [0.05, 0.1) is 10.4 Å². The monoisotopic (exact) mass is 263 g/mol. The Hall–Kier alpha value is -1.49. The quantitative estimate of drug-likeness (QED) is 0.819. The van der Waals surface area contributed by atoms with E-state index in [1.165, 1.54) is 0 Å². The smallest absolute Gasteiger partial charge is 0.237 e. The summed E-state index contributed by atoms with van der Waals surface area (Å²) in [6.07, 6.45) is 4.84. The minimum absolute atomic E-state index is 0.0950. The largest absolute Gasteiger partial charge is 0.392 e. The Balaban J connectivity index is 2.17. The van der Waals surface area contributed by atoms with Crippen LogP contribution < -0.4 is 11.1 Å². The second-order valence-electron chi connectivity index (χ2n) is 5.10. The maximum atomic E-state index is 12.4. The molecule has 0 unspecified atom stereocenters. The first-order chi connectivity index (χ1) is 8.45. The van der Waals surface area contributed by atoms with Crippen molar-refractivity contribution in [2.24, 2.45) is 17.1 Å². The number of pyridine rings is 1. The number of aryl methyl sites for hydroxylation is 1. The molecule has 0 aromatic carbocycles. The van der Waals surface area contributed by atoms with E-state index in [0.29, 0.717) is 10.9 Å². The minimum Gasteiger partial charge on any atom is -0.392 e. The molecule has 1 amide bonds. The summed E-state index contributed by atoms with van der Waals surface area (Å²) >= 11 is 5.06. The second kappa shape index (κ2) is 4.65. The highest BCUT2D eigenvalue weighted by Gasteiger charge is 2.50. The van der Waals surface area contributed by atoms with Crippen LogP contribution in [0.3, 0.4) is 0 Å². The summed E-state index contributed by atoms with van der Waals surface area (Å²) in [5.74, 6) is 0.401. The molecule has 3 N–H and O–H groups in total. The number of nitrogens with one attached hydrogen (secondary N) is 1. The second-order valence-corrected chi connectivity index (χ2v) is 5.54. The van der Waals surface area contributed by atoms with Crippen LogP contribution in [-0.2, 0) is 4.79 Å². The molecular formula is C13H17N3OS. The van der Waals surface area contributed by atoms with Crippen molar-refractivity contribution in [3.63, 3.8) is 0 Å². The SMILES string of the molecule is Cc1cnccc1NC(=O)C1(C(N)=S)CC(C)C1. The third kappa shape index (κ3) is 2.10. The number of carbonyl (C=O) groups excluding carboxylic acids is 1. The Bertz CT molecular complexity index is 495. The number of hydrogen-bond acceptors (Lipinski definition) is 3. The van der Waals surface area contributed by atoms with Crippen LogP contribution in [0.25, 0.3) is 0 Å². The van der Waals surface area contributed by atoms with Gasteiger partial charge in [0.1, 0.15) is 0 Å². The van der Waals surface area contributed by atoms with Gasteiger partial charge in [0, 0.05) is 18.1 Å². The van der Waals surface area contributed by atoms with Crippen LogP contribution in [0.5, 0.6) is 0 Å². The third-order valence-electron chi connectivity index (χ3n) is 3.57. The molecule has 0 atom stereocenters. The molecule has 0 aliphatic heterocycles. The van der Waals surface area contributed by atoms with Crippen LogP contribution in [0, 0.1) is 18.3 Å². The molecule has 2 rings (SSSR count). The van der Waals surface area contributed by atoms with E-state index < -0.39 is 5.41 Å². The van der Waals surface area contributed by atoms with E-state index in [4.69, 9.17) is 18.0 Å². The third-order valence-corrected chi connectivity index (χ3v) is 3.96. The summed E-state index contributed by atoms with van der Waals surface area (Å²) in [6.45, 7) is 4.00. The van der Waals surface area contributed by atoms with Gasteiger partial charge in [0.2, 0.25) is 5.91 Å². The number of hydrogen-bond donors (Lipinski definition) is 2. The fourth-order valence-electron chi connectivity index (χ4n) is 2.48. The van der Waals surface area contributed by atoms with E-state index in [2.05, 4.69) is 17.2 Å². The van der Waals surface area contributed by atoms with Crippen molar-refractivity contribution in [1.29, 1.82) is 0 Å². The Morgan fingerprint density at radius 3 is 2.78 bits per heavy atom. The molecule has 1 fully saturated rings. The van der Waals surface area contributed by atoms with E-state index >= 15 is 0 Å². The van der Waals surface area contributed by atoms with Gasteiger partial charge < -0.3 is 11.1 Å². The predicted molar refractivity (Wildman–Crippen MR) is 75.2 cm³/mol. The van der Waals surface area contributed by atoms with Gasteiger partial charge in [-0.2, -0.15) is 0 Å². The zero-order valence-corrected chi connectivity index (χ0v) is 11.4. The summed E-state index contributed by atoms with van der Waals surface area (Å²) in [6, 6.07) is 1.78. The summed E-state index contributed by atoms with van der Waals surface area (Å²) in [4.78, 5) is 16.6. The van der Waals surface area contributed by atoms with E-state index in [-0.39, 0.29) is 5.91 Å². The first-order valence-electron chi connectivity index (χ1n) is 5.97. The van der Waals surface area contributed by atoms with E-state index in [1.54, 1.807) is 18.5 Å². The van der Waals surface area contributed by atoms with Crippen LogP contribution in [0.1, 0.15) is 25.3 Å². The molecule has 0 bridgehead atoms. The lowest BCUT2D eigenvalue weighted by atomic mass is 9.62. The molecule has 1 aromatic heterocycles. The van der Waals surface area contributed by atoms with Crippen molar-refractivity contribution in [3.05, 3.63) is 24.0 Å². The van der Waals surface area contributed by atoms with Gasteiger partial charge in [0.15, 0.2) is 0 Å². The Morgan fingerprint density at radius 2 is 2.28 bits per heavy atom. The molecule has 1 aliphatic rings. The normalized spacial score (nSPS) is 26.2. The highest BCUT2D eigenvalue weighted by atomic mass is 32.1. The van der Waals surface area contributed by atoms with E-state index in [0.717, 1.165) is 24.1 Å². The zero-order valence-electron chi connectivity index (χ0n) is 10.6. The Kier molecular flexibility index (Phi) is 3.34. The van der Waals surface area contributed by atoms with Gasteiger partial charge in [-0.15, -0.1) is 0 Å². The molecule has 0 spiro atoms. The Morgan fingerprint density at radius 1 is 1.61 bits per heavy atom. The number of nitrogens with two attached hydrogens (primary N) is 1. The van der Waals surface area contributed by atoms with Crippen molar-refractivity contribution < 1.29 is 4.79 Å². The number of aromatic nitrogens is 1. The minimum atomic E-state index is -0.662. The van der Waals surface area contributed by atoms with E-state index in [1.807, 2.05) is 6.92 Å². The molecule has 1 heterocycles. The van der Waals surface area contributed by atoms with Gasteiger partial charge in [-0.25, -0.2) is 0 Å². The summed E-state index contributed by atoms with van der Waals surface area (Å²) in [5.41, 5.74) is 6.78. The number of rotatable bonds is 3. The lowest BCUT2D eigenvalue weighted by molar-refractivity contribution is -0.127. The average molecular weight is 263 g/mol. The molecule has 96 valence electrons. The van der Waals surface area contributed by atoms with Gasteiger partial charge in [-0.3, -0.25) is 9.78 Å². The highest BCUT2D eigenvalue weighted by Crippen LogP contribution is 2.46. The van der Waals surface area contributed by atoms with Crippen molar-refractivity contribution in [1.82, 2.24) is 4.98 Å². The standard InChI is InChI=1S/C13H17N3OS/c1-8-5-13(6-8,11(14)18)12(17)16-10-3-4-15-7-9(10)2/h3-4,7-8H,5-6H2,1-2H3,(H2,14,18)(H,15,16,17). The fourth-order valence-corrected chi connectivity index (χ4v) is 2.74. The molecular weight excluding hydrogens is 246 g/mol. The van der Waals surface area contributed by atoms with Crippen LogP contribution in [0.15, 0.2) is 18.5 Å². The first kappa shape index (κ1) is 13.0. The van der Waals surface area contributed by atoms with Crippen molar-refractivity contribution in [2.75, 3.05) is 5.32 Å². The van der Waals surface area contributed by atoms with Crippen LogP contribution >= 0.6 is 12.2 Å². The topological polar surface area (TPSA) is 68.0 Å². The molecule has 4 nitrogen and oxygen atoms in total. The molecule has 0 saturated heterocycles. The maximum absolute atomic E-state index is 12.4. The maximum Gasteiger partial charge on any atom is 0.237 e. The average Bonchev–Trinajstić information content (AvgIpc) is 2.27. The summed E-state index contributed by atoms with van der Waals surface area (Å²) in [7, 11) is 0. The predicted octanol–water partition coefficient (Wildman–Crippen LogP) is 2.03. The lowest BCUT2D eigenvalue weighted by Crippen LogP contribution is -2.53. The van der Waals surface area contributed by atoms with Gasteiger partial charge >= 0.3 is 0 Å². The van der Waals surface area contributed by atoms with Crippen molar-refractivity contribution in [2.45, 2.75) is 26.7 Å². The Labute approximate surface area is 112 Å². The molecule has 1 saturated carbocycles. The molecule has 1 aromatic rings. The number of amides is 1. The van der Waals surface area contributed by atoms with Gasteiger partial charge in [-0.05, 0) is 37.3 Å². The molecule has 18 heavy (non-hydrogen) atoms. The van der Waals surface area contributed by atoms with Gasteiger partial charge in [-0.1, -0.05) is 19.1 Å². The number of anilines is 1. The van der Waals surface area contributed by atoms with Crippen molar-refractivity contribution in [3.8, 4) is 0 Å². The fraction of sp³-hybridized carbons (Fsp3) is 0.462. The summed E-state index contributed by atoms with van der Waals surface area (Å²) < 4.78 is 0. The van der Waals surface area contributed by atoms with Crippen LogP contribution in [-0.4, -0.2) is 15.9 Å². The highest BCUT2D eigenvalue weighted by molar-refractivity contribution is 7.80. The summed E-state index contributed by atoms with van der Waals surface area (Å²) in [5, 5.41) is 2.91. The number of carbonyl (C=O) groups is 1. The molecule has 5 heteroatoms.